The maximum Gasteiger partial charge on any atom is 0.0800 e. The average molecular weight is 308 g/mol. The van der Waals surface area contributed by atoms with Gasteiger partial charge in [-0.05, 0) is 39.2 Å². The summed E-state index contributed by atoms with van der Waals surface area (Å²) in [6.07, 6.45) is 2.96. The highest BCUT2D eigenvalue weighted by Gasteiger charge is 2.22. The van der Waals surface area contributed by atoms with Crippen LogP contribution in [0.1, 0.15) is 73.0 Å². The Morgan fingerprint density at radius 1 is 0.909 bits per heavy atom. The van der Waals surface area contributed by atoms with Crippen molar-refractivity contribution in [1.82, 2.24) is 4.90 Å². The molecule has 1 aliphatic heterocycles. The van der Waals surface area contributed by atoms with Gasteiger partial charge >= 0.3 is 0 Å². The summed E-state index contributed by atoms with van der Waals surface area (Å²) in [5, 5.41) is 0. The number of benzene rings is 1. The molecular weight excluding hydrogens is 270 g/mol. The number of ether oxygens (including phenoxy) is 1. The molecule has 0 spiro atoms. The van der Waals surface area contributed by atoms with Crippen molar-refractivity contribution in [2.24, 2.45) is 0 Å². The number of nitrogens with zero attached hydrogens (tertiary/aromatic N) is 1. The Hall–Kier alpha value is -0.860. The highest BCUT2D eigenvalue weighted by atomic mass is 16.5. The molecule has 1 aromatic carbocycles. The predicted molar refractivity (Wildman–Crippen MR) is 98.4 cm³/mol. The van der Waals surface area contributed by atoms with Crippen molar-refractivity contribution in [1.29, 1.82) is 0 Å². The van der Waals surface area contributed by atoms with E-state index in [0.717, 1.165) is 12.8 Å². The van der Waals surface area contributed by atoms with E-state index in [1.54, 1.807) is 0 Å². The van der Waals surface area contributed by atoms with Crippen LogP contribution in [0.15, 0.2) is 30.3 Å². The van der Waals surface area contributed by atoms with Crippen LogP contribution < -0.4 is 0 Å². The normalized spacial score (nSPS) is 17.1. The topological polar surface area (TPSA) is 12.5 Å². The summed E-state index contributed by atoms with van der Waals surface area (Å²) in [6.45, 7) is 17.0. The van der Waals surface area contributed by atoms with Crippen molar-refractivity contribution < 1.29 is 4.74 Å². The molecular formula is C20H37NO. The third-order valence-corrected chi connectivity index (χ3v) is 3.87. The fourth-order valence-electron chi connectivity index (χ4n) is 2.62. The summed E-state index contributed by atoms with van der Waals surface area (Å²) < 4.78 is 6.18. The Balaban J connectivity index is 0.00000102. The third-order valence-electron chi connectivity index (χ3n) is 3.87. The highest BCUT2D eigenvalue weighted by molar-refractivity contribution is 5.16. The first kappa shape index (κ1) is 21.1. The predicted octanol–water partition coefficient (Wildman–Crippen LogP) is 5.69. The van der Waals surface area contributed by atoms with Gasteiger partial charge < -0.3 is 9.64 Å². The molecule has 2 heteroatoms. The third kappa shape index (κ3) is 7.42. The second-order valence-electron chi connectivity index (χ2n) is 5.52. The number of hydrogen-bond acceptors (Lipinski definition) is 2. The van der Waals surface area contributed by atoms with Crippen LogP contribution in [0.5, 0.6) is 0 Å². The van der Waals surface area contributed by atoms with Crippen LogP contribution in [-0.4, -0.2) is 30.1 Å². The lowest BCUT2D eigenvalue weighted by Crippen LogP contribution is -2.41. The van der Waals surface area contributed by atoms with Crippen LogP contribution in [0.4, 0.5) is 0 Å². The Kier molecular flexibility index (Phi) is 12.2. The molecule has 1 aromatic rings. The Labute approximate surface area is 138 Å². The van der Waals surface area contributed by atoms with E-state index >= 15 is 0 Å². The molecule has 1 unspecified atom stereocenters. The van der Waals surface area contributed by atoms with E-state index in [4.69, 9.17) is 4.74 Å². The van der Waals surface area contributed by atoms with Crippen molar-refractivity contribution in [3.63, 3.8) is 0 Å². The quantitative estimate of drug-likeness (QED) is 0.708. The Morgan fingerprint density at radius 3 is 1.86 bits per heavy atom. The minimum absolute atomic E-state index is 0.210. The molecule has 22 heavy (non-hydrogen) atoms. The van der Waals surface area contributed by atoms with Gasteiger partial charge in [-0.25, -0.2) is 0 Å². The molecule has 1 saturated heterocycles. The summed E-state index contributed by atoms with van der Waals surface area (Å²) in [5.41, 5.74) is 1.28. The molecule has 0 N–H and O–H groups in total. The molecule has 0 aliphatic carbocycles. The maximum absolute atomic E-state index is 6.18. The monoisotopic (exact) mass is 307 g/mol. The molecule has 0 amide bonds. The first-order valence-corrected chi connectivity index (χ1v) is 9.11. The van der Waals surface area contributed by atoms with Gasteiger partial charge in [0.1, 0.15) is 0 Å². The van der Waals surface area contributed by atoms with Crippen molar-refractivity contribution in [3.05, 3.63) is 35.9 Å². The molecule has 1 heterocycles. The van der Waals surface area contributed by atoms with Gasteiger partial charge in [0.05, 0.1) is 12.2 Å². The van der Waals surface area contributed by atoms with E-state index < -0.39 is 0 Å². The zero-order chi connectivity index (χ0) is 17.0. The lowest BCUT2D eigenvalue weighted by molar-refractivity contribution is -0.0398. The summed E-state index contributed by atoms with van der Waals surface area (Å²) >= 11 is 0. The van der Waals surface area contributed by atoms with Crippen LogP contribution in [0.25, 0.3) is 0 Å². The van der Waals surface area contributed by atoms with E-state index in [0.29, 0.717) is 12.1 Å². The van der Waals surface area contributed by atoms with E-state index in [-0.39, 0.29) is 6.10 Å². The van der Waals surface area contributed by atoms with Crippen LogP contribution in [0, 0.1) is 0 Å². The summed E-state index contributed by atoms with van der Waals surface area (Å²) in [7, 11) is 0. The van der Waals surface area contributed by atoms with Gasteiger partial charge in [0.15, 0.2) is 0 Å². The Bertz CT molecular complexity index is 342. The molecule has 0 aromatic heterocycles. The lowest BCUT2D eigenvalue weighted by Gasteiger charge is -2.35. The molecule has 128 valence electrons. The smallest absolute Gasteiger partial charge is 0.0800 e. The van der Waals surface area contributed by atoms with Gasteiger partial charge in [-0.3, -0.25) is 0 Å². The SMILES string of the molecule is CC.CC.CC(OC1CCN(C(C)C)CC1)c1ccccc1. The molecule has 0 radical (unpaired) electrons. The largest absolute Gasteiger partial charge is 0.370 e. The number of piperidine rings is 1. The number of hydrogen-bond donors (Lipinski definition) is 0. The number of likely N-dealkylation sites (tertiary alicyclic amines) is 1. The second kappa shape index (κ2) is 12.7. The fraction of sp³-hybridized carbons (Fsp3) is 0.700. The molecule has 0 bridgehead atoms. The first-order valence-electron chi connectivity index (χ1n) is 9.11. The van der Waals surface area contributed by atoms with Crippen molar-refractivity contribution in [2.45, 2.75) is 79.6 Å². The summed E-state index contributed by atoms with van der Waals surface area (Å²) in [6, 6.07) is 11.2. The molecule has 0 saturated carbocycles. The first-order chi connectivity index (χ1) is 10.7. The lowest BCUT2D eigenvalue weighted by atomic mass is 10.1. The van der Waals surface area contributed by atoms with Gasteiger partial charge in [-0.15, -0.1) is 0 Å². The van der Waals surface area contributed by atoms with E-state index in [2.05, 4.69) is 56.0 Å². The molecule has 1 atom stereocenters. The number of rotatable bonds is 4. The van der Waals surface area contributed by atoms with Gasteiger partial charge in [0.2, 0.25) is 0 Å². The molecule has 2 nitrogen and oxygen atoms in total. The zero-order valence-electron chi connectivity index (χ0n) is 15.8. The zero-order valence-corrected chi connectivity index (χ0v) is 15.8. The second-order valence-corrected chi connectivity index (χ2v) is 5.52. The minimum Gasteiger partial charge on any atom is -0.370 e. The van der Waals surface area contributed by atoms with E-state index in [1.807, 2.05) is 27.7 Å². The van der Waals surface area contributed by atoms with Crippen LogP contribution in [0.2, 0.25) is 0 Å². The summed E-state index contributed by atoms with van der Waals surface area (Å²) in [5.74, 6) is 0. The average Bonchev–Trinajstić information content (AvgIpc) is 2.59. The van der Waals surface area contributed by atoms with Crippen LogP contribution in [-0.2, 0) is 4.74 Å². The molecule has 2 rings (SSSR count). The van der Waals surface area contributed by atoms with Crippen LogP contribution >= 0.6 is 0 Å². The maximum atomic E-state index is 6.18. The standard InChI is InChI=1S/C16H25NO.2C2H6/c1-13(2)17-11-9-16(10-12-17)18-14(3)15-7-5-4-6-8-15;2*1-2/h4-8,13-14,16H,9-12H2,1-3H3;2*1-2H3. The van der Waals surface area contributed by atoms with Gasteiger partial charge in [-0.1, -0.05) is 58.0 Å². The van der Waals surface area contributed by atoms with E-state index in [1.165, 1.54) is 18.7 Å². The highest BCUT2D eigenvalue weighted by Crippen LogP contribution is 2.23. The van der Waals surface area contributed by atoms with Crippen molar-refractivity contribution in [2.75, 3.05) is 13.1 Å². The van der Waals surface area contributed by atoms with Crippen LogP contribution in [0.3, 0.4) is 0 Å². The molecule has 1 aliphatic rings. The van der Waals surface area contributed by atoms with E-state index in [9.17, 15) is 0 Å². The Morgan fingerprint density at radius 2 is 1.41 bits per heavy atom. The van der Waals surface area contributed by atoms with Gasteiger partial charge in [0.25, 0.3) is 0 Å². The van der Waals surface area contributed by atoms with Crippen molar-refractivity contribution >= 4 is 0 Å². The van der Waals surface area contributed by atoms with Gasteiger partial charge in [-0.2, -0.15) is 0 Å². The fourth-order valence-corrected chi connectivity index (χ4v) is 2.62. The summed E-state index contributed by atoms with van der Waals surface area (Å²) in [4.78, 5) is 2.53. The van der Waals surface area contributed by atoms with Gasteiger partial charge in [0, 0.05) is 19.1 Å². The van der Waals surface area contributed by atoms with Crippen molar-refractivity contribution in [3.8, 4) is 0 Å². The minimum atomic E-state index is 0.210. The molecule has 1 fully saturated rings.